The summed E-state index contributed by atoms with van der Waals surface area (Å²) in [5.74, 6) is 0.124. The molecule has 0 aromatic heterocycles. The molecule has 0 fully saturated rings. The molecule has 0 aliphatic heterocycles. The fourth-order valence-electron chi connectivity index (χ4n) is 2.74. The minimum absolute atomic E-state index is 0.219. The number of methoxy groups -OCH3 is 1. The smallest absolute Gasteiger partial charge is 0.261 e. The van der Waals surface area contributed by atoms with Crippen LogP contribution < -0.4 is 15.4 Å². The number of carbonyl (C=O) groups is 1. The first kappa shape index (κ1) is 19.8. The van der Waals surface area contributed by atoms with Crippen molar-refractivity contribution in [2.45, 2.75) is 6.92 Å². The summed E-state index contributed by atoms with van der Waals surface area (Å²) < 4.78 is 7.17. The zero-order valence-corrected chi connectivity index (χ0v) is 18.6. The SMILES string of the molecule is COc1c(C(=O)NC(=S)Nc2ccc(Br)cc2C)cc2ccccc2c1Br. The van der Waals surface area contributed by atoms with Crippen molar-refractivity contribution in [1.29, 1.82) is 0 Å². The average Bonchev–Trinajstić information content (AvgIpc) is 2.64. The van der Waals surface area contributed by atoms with Crippen LogP contribution in [0.3, 0.4) is 0 Å². The monoisotopic (exact) mass is 506 g/mol. The number of benzene rings is 3. The highest BCUT2D eigenvalue weighted by molar-refractivity contribution is 9.11. The first-order chi connectivity index (χ1) is 12.9. The molecule has 0 bridgehead atoms. The Morgan fingerprint density at radius 2 is 1.85 bits per heavy atom. The second-order valence-electron chi connectivity index (χ2n) is 5.86. The van der Waals surface area contributed by atoms with E-state index in [1.54, 1.807) is 6.07 Å². The van der Waals surface area contributed by atoms with E-state index in [2.05, 4.69) is 42.5 Å². The molecule has 4 nitrogen and oxygen atoms in total. The summed E-state index contributed by atoms with van der Waals surface area (Å²) in [5, 5.41) is 7.89. The summed E-state index contributed by atoms with van der Waals surface area (Å²) >= 11 is 12.3. The molecule has 0 atom stereocenters. The average molecular weight is 508 g/mol. The lowest BCUT2D eigenvalue weighted by Gasteiger charge is -2.15. The number of fused-ring (bicyclic) bond motifs is 1. The van der Waals surface area contributed by atoms with Crippen molar-refractivity contribution in [2.24, 2.45) is 0 Å². The van der Waals surface area contributed by atoms with Gasteiger partial charge in [0.05, 0.1) is 17.1 Å². The van der Waals surface area contributed by atoms with Gasteiger partial charge in [-0.1, -0.05) is 40.2 Å². The van der Waals surface area contributed by atoms with Crippen LogP contribution in [-0.4, -0.2) is 18.1 Å². The Morgan fingerprint density at radius 3 is 2.56 bits per heavy atom. The molecule has 0 spiro atoms. The molecule has 0 heterocycles. The number of halogens is 2. The van der Waals surface area contributed by atoms with Gasteiger partial charge in [-0.25, -0.2) is 0 Å². The molecule has 0 saturated carbocycles. The van der Waals surface area contributed by atoms with E-state index in [1.165, 1.54) is 7.11 Å². The van der Waals surface area contributed by atoms with Gasteiger partial charge in [0.15, 0.2) is 5.11 Å². The Balaban J connectivity index is 1.86. The number of ether oxygens (including phenoxy) is 1. The van der Waals surface area contributed by atoms with Gasteiger partial charge in [-0.15, -0.1) is 0 Å². The third kappa shape index (κ3) is 4.31. The van der Waals surface area contributed by atoms with E-state index in [0.29, 0.717) is 11.3 Å². The molecule has 138 valence electrons. The lowest BCUT2D eigenvalue weighted by Crippen LogP contribution is -2.34. The highest BCUT2D eigenvalue weighted by Gasteiger charge is 2.19. The Labute approximate surface area is 179 Å². The number of aryl methyl sites for hydroxylation is 1. The normalized spacial score (nSPS) is 10.5. The summed E-state index contributed by atoms with van der Waals surface area (Å²) in [6.07, 6.45) is 0. The summed E-state index contributed by atoms with van der Waals surface area (Å²) in [7, 11) is 1.54. The molecule has 3 rings (SSSR count). The number of hydrogen-bond acceptors (Lipinski definition) is 3. The number of hydrogen-bond donors (Lipinski definition) is 2. The highest BCUT2D eigenvalue weighted by Crippen LogP contribution is 2.36. The van der Waals surface area contributed by atoms with Gasteiger partial charge >= 0.3 is 0 Å². The second-order valence-corrected chi connectivity index (χ2v) is 7.98. The van der Waals surface area contributed by atoms with Gasteiger partial charge in [-0.3, -0.25) is 10.1 Å². The molecule has 3 aromatic rings. The molecule has 0 unspecified atom stereocenters. The maximum atomic E-state index is 12.8. The van der Waals surface area contributed by atoms with Gasteiger partial charge in [-0.2, -0.15) is 0 Å². The molecule has 7 heteroatoms. The van der Waals surface area contributed by atoms with Gasteiger partial charge in [-0.05, 0) is 75.7 Å². The van der Waals surface area contributed by atoms with Gasteiger partial charge in [0.1, 0.15) is 5.75 Å². The quantitative estimate of drug-likeness (QED) is 0.439. The zero-order chi connectivity index (χ0) is 19.6. The van der Waals surface area contributed by atoms with Gasteiger partial charge in [0.2, 0.25) is 0 Å². The van der Waals surface area contributed by atoms with Gasteiger partial charge < -0.3 is 10.1 Å². The largest absolute Gasteiger partial charge is 0.495 e. The summed E-state index contributed by atoms with van der Waals surface area (Å²) in [6, 6.07) is 15.3. The van der Waals surface area contributed by atoms with Crippen molar-refractivity contribution >= 4 is 71.6 Å². The molecule has 27 heavy (non-hydrogen) atoms. The van der Waals surface area contributed by atoms with E-state index >= 15 is 0 Å². The summed E-state index contributed by atoms with van der Waals surface area (Å²) in [4.78, 5) is 12.8. The van der Waals surface area contributed by atoms with Crippen molar-refractivity contribution in [3.05, 3.63) is 68.6 Å². The fraction of sp³-hybridized carbons (Fsp3) is 0.100. The van der Waals surface area contributed by atoms with E-state index in [4.69, 9.17) is 17.0 Å². The number of anilines is 1. The summed E-state index contributed by atoms with van der Waals surface area (Å²) in [6.45, 7) is 1.96. The van der Waals surface area contributed by atoms with Crippen LogP contribution >= 0.6 is 44.1 Å². The third-order valence-electron chi connectivity index (χ3n) is 4.05. The molecule has 0 saturated heterocycles. The number of carbonyl (C=O) groups excluding carboxylic acids is 1. The van der Waals surface area contributed by atoms with Crippen LogP contribution in [0.2, 0.25) is 0 Å². The van der Waals surface area contributed by atoms with E-state index in [1.807, 2.05) is 49.4 Å². The molecule has 0 radical (unpaired) electrons. The maximum absolute atomic E-state index is 12.8. The number of thiocarbonyl (C=S) groups is 1. The van der Waals surface area contributed by atoms with Crippen LogP contribution in [0.15, 0.2) is 57.5 Å². The van der Waals surface area contributed by atoms with Crippen molar-refractivity contribution in [2.75, 3.05) is 12.4 Å². The second kappa shape index (κ2) is 8.37. The van der Waals surface area contributed by atoms with Crippen molar-refractivity contribution in [3.63, 3.8) is 0 Å². The molecule has 0 aliphatic carbocycles. The Kier molecular flexibility index (Phi) is 6.14. The highest BCUT2D eigenvalue weighted by atomic mass is 79.9. The molecular formula is C20H16Br2N2O2S. The molecule has 0 aliphatic rings. The fourth-order valence-corrected chi connectivity index (χ4v) is 4.16. The topological polar surface area (TPSA) is 50.4 Å². The number of rotatable bonds is 3. The van der Waals surface area contributed by atoms with Crippen LogP contribution in [0, 0.1) is 6.92 Å². The van der Waals surface area contributed by atoms with E-state index in [0.717, 1.165) is 31.0 Å². The van der Waals surface area contributed by atoms with Crippen LogP contribution in [0.25, 0.3) is 10.8 Å². The molecule has 2 N–H and O–H groups in total. The van der Waals surface area contributed by atoms with Gasteiger partial charge in [0, 0.05) is 10.2 Å². The Morgan fingerprint density at radius 1 is 1.11 bits per heavy atom. The lowest BCUT2D eigenvalue weighted by atomic mass is 10.1. The van der Waals surface area contributed by atoms with Crippen LogP contribution in [0.5, 0.6) is 5.75 Å². The van der Waals surface area contributed by atoms with Gasteiger partial charge in [0.25, 0.3) is 5.91 Å². The van der Waals surface area contributed by atoms with Crippen molar-refractivity contribution < 1.29 is 9.53 Å². The maximum Gasteiger partial charge on any atom is 0.261 e. The van der Waals surface area contributed by atoms with Crippen LogP contribution in [0.1, 0.15) is 15.9 Å². The minimum Gasteiger partial charge on any atom is -0.495 e. The zero-order valence-electron chi connectivity index (χ0n) is 14.6. The third-order valence-corrected chi connectivity index (χ3v) is 5.54. The van der Waals surface area contributed by atoms with E-state index in [-0.39, 0.29) is 11.0 Å². The van der Waals surface area contributed by atoms with E-state index < -0.39 is 0 Å². The lowest BCUT2D eigenvalue weighted by molar-refractivity contribution is 0.0975. The molecule has 3 aromatic carbocycles. The molecule has 1 amide bonds. The Hall–Kier alpha value is -1.96. The number of amides is 1. The Bertz CT molecular complexity index is 1050. The van der Waals surface area contributed by atoms with Crippen LogP contribution in [-0.2, 0) is 0 Å². The molecular weight excluding hydrogens is 492 g/mol. The first-order valence-electron chi connectivity index (χ1n) is 8.04. The minimum atomic E-state index is -0.342. The van der Waals surface area contributed by atoms with Crippen molar-refractivity contribution in [1.82, 2.24) is 5.32 Å². The van der Waals surface area contributed by atoms with Crippen LogP contribution in [0.4, 0.5) is 5.69 Å². The predicted molar refractivity (Wildman–Crippen MR) is 121 cm³/mol. The van der Waals surface area contributed by atoms with Crippen molar-refractivity contribution in [3.8, 4) is 5.75 Å². The standard InChI is InChI=1S/C20H16Br2N2O2S/c1-11-9-13(21)7-8-16(11)23-20(27)24-19(25)15-10-12-5-3-4-6-14(12)17(22)18(15)26-2/h3-10H,1-2H3,(H2,23,24,25,27). The predicted octanol–water partition coefficient (Wildman–Crippen LogP) is 5.81. The first-order valence-corrected chi connectivity index (χ1v) is 10.0. The van der Waals surface area contributed by atoms with E-state index in [9.17, 15) is 4.79 Å². The number of nitrogens with one attached hydrogen (secondary N) is 2. The summed E-state index contributed by atoms with van der Waals surface area (Å²) in [5.41, 5.74) is 2.24.